The van der Waals surface area contributed by atoms with Gasteiger partial charge in [-0.2, -0.15) is 0 Å². The average Bonchev–Trinajstić information content (AvgIpc) is 3.26. The zero-order chi connectivity index (χ0) is 20.6. The molecule has 3 aromatic rings. The second-order valence-corrected chi connectivity index (χ2v) is 6.69. The second kappa shape index (κ2) is 9.78. The summed E-state index contributed by atoms with van der Waals surface area (Å²) >= 11 is 0. The molecule has 0 fully saturated rings. The van der Waals surface area contributed by atoms with Gasteiger partial charge in [-0.3, -0.25) is 4.79 Å². The third-order valence-corrected chi connectivity index (χ3v) is 4.78. The van der Waals surface area contributed by atoms with Crippen LogP contribution in [0.2, 0.25) is 0 Å². The van der Waals surface area contributed by atoms with E-state index in [9.17, 15) is 9.18 Å². The van der Waals surface area contributed by atoms with Crippen LogP contribution in [-0.4, -0.2) is 31.2 Å². The number of ether oxygens (including phenoxy) is 2. The standard InChI is InChI=1S/C23H25FN2O3/c1-28-21-9-8-17(14-22(21)29-2)10-11-25-23(27)16-20(26-12-3-4-13-26)18-6-5-7-19(24)15-18/h3-9,12-15,20H,10-11,16H2,1-2H3,(H,25,27). The number of benzene rings is 2. The maximum absolute atomic E-state index is 13.7. The molecule has 0 radical (unpaired) electrons. The Morgan fingerprint density at radius 1 is 1.03 bits per heavy atom. The van der Waals surface area contributed by atoms with Crippen molar-refractivity contribution in [3.63, 3.8) is 0 Å². The highest BCUT2D eigenvalue weighted by atomic mass is 19.1. The van der Waals surface area contributed by atoms with Gasteiger partial charge in [0.1, 0.15) is 5.82 Å². The fraction of sp³-hybridized carbons (Fsp3) is 0.261. The fourth-order valence-electron chi connectivity index (χ4n) is 3.30. The number of nitrogens with zero attached hydrogens (tertiary/aromatic N) is 1. The van der Waals surface area contributed by atoms with Crippen molar-refractivity contribution in [2.45, 2.75) is 18.9 Å². The lowest BCUT2D eigenvalue weighted by Crippen LogP contribution is -2.28. The molecule has 1 N–H and O–H groups in total. The summed E-state index contributed by atoms with van der Waals surface area (Å²) in [5, 5.41) is 2.96. The van der Waals surface area contributed by atoms with Crippen LogP contribution in [0.1, 0.15) is 23.6 Å². The minimum Gasteiger partial charge on any atom is -0.493 e. The van der Waals surface area contributed by atoms with E-state index in [1.54, 1.807) is 20.3 Å². The normalized spacial score (nSPS) is 11.7. The first-order valence-electron chi connectivity index (χ1n) is 9.46. The van der Waals surface area contributed by atoms with Gasteiger partial charge < -0.3 is 19.4 Å². The molecule has 1 heterocycles. The van der Waals surface area contributed by atoms with E-state index in [2.05, 4.69) is 5.32 Å². The summed E-state index contributed by atoms with van der Waals surface area (Å²) in [7, 11) is 3.19. The molecule has 152 valence electrons. The van der Waals surface area contributed by atoms with Crippen LogP contribution >= 0.6 is 0 Å². The van der Waals surface area contributed by atoms with Gasteiger partial charge in [-0.25, -0.2) is 4.39 Å². The van der Waals surface area contributed by atoms with E-state index in [4.69, 9.17) is 9.47 Å². The Hall–Kier alpha value is -3.28. The summed E-state index contributed by atoms with van der Waals surface area (Å²) < 4.78 is 26.2. The van der Waals surface area contributed by atoms with E-state index in [0.29, 0.717) is 24.5 Å². The number of carbonyl (C=O) groups excluding carboxylic acids is 1. The highest BCUT2D eigenvalue weighted by molar-refractivity contribution is 5.76. The van der Waals surface area contributed by atoms with Crippen molar-refractivity contribution in [1.29, 1.82) is 0 Å². The SMILES string of the molecule is COc1ccc(CCNC(=O)CC(c2cccc(F)c2)n2cccc2)cc1OC. The number of hydrogen-bond acceptors (Lipinski definition) is 3. The fourth-order valence-corrected chi connectivity index (χ4v) is 3.30. The van der Waals surface area contributed by atoms with E-state index in [1.165, 1.54) is 12.1 Å². The van der Waals surface area contributed by atoms with E-state index >= 15 is 0 Å². The monoisotopic (exact) mass is 396 g/mol. The van der Waals surface area contributed by atoms with Gasteiger partial charge in [0.25, 0.3) is 0 Å². The molecule has 0 aliphatic rings. The van der Waals surface area contributed by atoms with Crippen molar-refractivity contribution in [3.05, 3.63) is 83.9 Å². The van der Waals surface area contributed by atoms with E-state index in [-0.39, 0.29) is 24.2 Å². The molecule has 1 unspecified atom stereocenters. The van der Waals surface area contributed by atoms with Crippen LogP contribution in [0.3, 0.4) is 0 Å². The molecule has 1 atom stereocenters. The average molecular weight is 396 g/mol. The van der Waals surface area contributed by atoms with Crippen LogP contribution in [-0.2, 0) is 11.2 Å². The van der Waals surface area contributed by atoms with Gasteiger partial charge in [0, 0.05) is 18.9 Å². The zero-order valence-corrected chi connectivity index (χ0v) is 16.6. The molecule has 0 aliphatic heterocycles. The Kier molecular flexibility index (Phi) is 6.89. The number of hydrogen-bond donors (Lipinski definition) is 1. The molecule has 6 heteroatoms. The summed E-state index contributed by atoms with van der Waals surface area (Å²) in [5.41, 5.74) is 1.80. The molecule has 0 bridgehead atoms. The Labute approximate surface area is 170 Å². The predicted molar refractivity (Wildman–Crippen MR) is 110 cm³/mol. The van der Waals surface area contributed by atoms with Gasteiger partial charge in [0.2, 0.25) is 5.91 Å². The molecule has 0 saturated heterocycles. The summed E-state index contributed by atoms with van der Waals surface area (Å²) in [6, 6.07) is 15.6. The Morgan fingerprint density at radius 3 is 2.48 bits per heavy atom. The van der Waals surface area contributed by atoms with Gasteiger partial charge in [-0.15, -0.1) is 0 Å². The van der Waals surface area contributed by atoms with Crippen molar-refractivity contribution in [2.24, 2.45) is 0 Å². The summed E-state index contributed by atoms with van der Waals surface area (Å²) in [4.78, 5) is 12.6. The summed E-state index contributed by atoms with van der Waals surface area (Å²) in [6.45, 7) is 0.496. The van der Waals surface area contributed by atoms with Crippen LogP contribution in [0.25, 0.3) is 0 Å². The van der Waals surface area contributed by atoms with Crippen LogP contribution < -0.4 is 14.8 Å². The molecule has 2 aromatic carbocycles. The maximum Gasteiger partial charge on any atom is 0.222 e. The van der Waals surface area contributed by atoms with Crippen molar-refractivity contribution >= 4 is 5.91 Å². The van der Waals surface area contributed by atoms with Crippen LogP contribution in [0.5, 0.6) is 11.5 Å². The molecule has 1 amide bonds. The van der Waals surface area contributed by atoms with Crippen LogP contribution in [0, 0.1) is 5.82 Å². The summed E-state index contributed by atoms with van der Waals surface area (Å²) in [6.07, 6.45) is 4.66. The highest BCUT2D eigenvalue weighted by Gasteiger charge is 2.18. The first-order chi connectivity index (χ1) is 14.1. The lowest BCUT2D eigenvalue weighted by Gasteiger charge is -2.19. The van der Waals surface area contributed by atoms with Crippen molar-refractivity contribution in [3.8, 4) is 11.5 Å². The number of rotatable bonds is 9. The zero-order valence-electron chi connectivity index (χ0n) is 16.6. The molecular formula is C23H25FN2O3. The molecule has 5 nitrogen and oxygen atoms in total. The number of methoxy groups -OCH3 is 2. The number of nitrogens with one attached hydrogen (secondary N) is 1. The van der Waals surface area contributed by atoms with E-state index < -0.39 is 0 Å². The van der Waals surface area contributed by atoms with Gasteiger partial charge in [0.05, 0.1) is 26.7 Å². The molecule has 0 saturated carbocycles. The predicted octanol–water partition coefficient (Wildman–Crippen LogP) is 3.98. The summed E-state index contributed by atoms with van der Waals surface area (Å²) in [5.74, 6) is 0.932. The Bertz CT molecular complexity index is 941. The number of amides is 1. The first-order valence-corrected chi connectivity index (χ1v) is 9.46. The topological polar surface area (TPSA) is 52.5 Å². The first kappa shape index (κ1) is 20.5. The lowest BCUT2D eigenvalue weighted by molar-refractivity contribution is -0.121. The number of halogens is 1. The molecule has 0 spiro atoms. The minimum absolute atomic E-state index is 0.0894. The smallest absolute Gasteiger partial charge is 0.222 e. The lowest BCUT2D eigenvalue weighted by atomic mass is 10.0. The third-order valence-electron chi connectivity index (χ3n) is 4.78. The van der Waals surface area contributed by atoms with Crippen LogP contribution in [0.4, 0.5) is 4.39 Å². The quantitative estimate of drug-likeness (QED) is 0.595. The maximum atomic E-state index is 13.7. The Balaban J connectivity index is 1.61. The molecule has 29 heavy (non-hydrogen) atoms. The molecular weight excluding hydrogens is 371 g/mol. The van der Waals surface area contributed by atoms with Gasteiger partial charge >= 0.3 is 0 Å². The molecule has 1 aromatic heterocycles. The minimum atomic E-state index is -0.312. The van der Waals surface area contributed by atoms with Crippen molar-refractivity contribution in [1.82, 2.24) is 9.88 Å². The van der Waals surface area contributed by atoms with E-state index in [0.717, 1.165) is 11.1 Å². The second-order valence-electron chi connectivity index (χ2n) is 6.69. The highest BCUT2D eigenvalue weighted by Crippen LogP contribution is 2.27. The number of aromatic nitrogens is 1. The molecule has 3 rings (SSSR count). The van der Waals surface area contributed by atoms with Crippen molar-refractivity contribution in [2.75, 3.05) is 20.8 Å². The Morgan fingerprint density at radius 2 is 1.79 bits per heavy atom. The number of carbonyl (C=O) groups is 1. The van der Waals surface area contributed by atoms with Gasteiger partial charge in [-0.05, 0) is 53.9 Å². The van der Waals surface area contributed by atoms with Crippen molar-refractivity contribution < 1.29 is 18.7 Å². The van der Waals surface area contributed by atoms with Crippen LogP contribution in [0.15, 0.2) is 67.0 Å². The van der Waals surface area contributed by atoms with E-state index in [1.807, 2.05) is 53.4 Å². The third kappa shape index (κ3) is 5.38. The van der Waals surface area contributed by atoms with Gasteiger partial charge in [-0.1, -0.05) is 18.2 Å². The van der Waals surface area contributed by atoms with Gasteiger partial charge in [0.15, 0.2) is 11.5 Å². The molecule has 0 aliphatic carbocycles. The largest absolute Gasteiger partial charge is 0.493 e.